The lowest BCUT2D eigenvalue weighted by molar-refractivity contribution is 0.0429. The van der Waals surface area contributed by atoms with Crippen LogP contribution in [0.3, 0.4) is 0 Å². The van der Waals surface area contributed by atoms with Gasteiger partial charge in [0.05, 0.1) is 0 Å². The molecule has 1 N–H and O–H groups in total. The van der Waals surface area contributed by atoms with E-state index in [0.717, 1.165) is 18.4 Å². The third kappa shape index (κ3) is 4.66. The van der Waals surface area contributed by atoms with Crippen molar-refractivity contribution in [2.75, 3.05) is 13.1 Å². The first-order valence-corrected chi connectivity index (χ1v) is 7.11. The SMILES string of the molecule is CC[C@H]1CCN(C(=O)ONC(=O)OCc2ccccc2)C1. The van der Waals surface area contributed by atoms with Gasteiger partial charge >= 0.3 is 12.2 Å². The third-order valence-electron chi connectivity index (χ3n) is 3.56. The summed E-state index contributed by atoms with van der Waals surface area (Å²) in [7, 11) is 0. The lowest BCUT2D eigenvalue weighted by Crippen LogP contribution is -2.36. The van der Waals surface area contributed by atoms with Crippen LogP contribution in [0.15, 0.2) is 30.3 Å². The van der Waals surface area contributed by atoms with E-state index in [1.807, 2.05) is 35.8 Å². The molecule has 1 fully saturated rings. The van der Waals surface area contributed by atoms with Gasteiger partial charge in [-0.25, -0.2) is 9.59 Å². The number of hydrogen-bond donors (Lipinski definition) is 1. The number of benzene rings is 1. The van der Waals surface area contributed by atoms with Crippen LogP contribution in [-0.2, 0) is 16.2 Å². The minimum Gasteiger partial charge on any atom is -0.443 e. The van der Waals surface area contributed by atoms with Crippen molar-refractivity contribution in [3.63, 3.8) is 0 Å². The second kappa shape index (κ2) is 7.52. The second-order valence-corrected chi connectivity index (χ2v) is 5.04. The average Bonchev–Trinajstić information content (AvgIpc) is 3.00. The molecule has 6 nitrogen and oxygen atoms in total. The molecule has 0 spiro atoms. The quantitative estimate of drug-likeness (QED) is 0.870. The molecule has 21 heavy (non-hydrogen) atoms. The third-order valence-corrected chi connectivity index (χ3v) is 3.56. The van der Waals surface area contributed by atoms with Crippen LogP contribution in [0.4, 0.5) is 9.59 Å². The van der Waals surface area contributed by atoms with E-state index in [-0.39, 0.29) is 6.61 Å². The summed E-state index contributed by atoms with van der Waals surface area (Å²) in [5.74, 6) is 0.516. The van der Waals surface area contributed by atoms with Gasteiger partial charge in [-0.1, -0.05) is 43.7 Å². The van der Waals surface area contributed by atoms with Crippen LogP contribution in [0, 0.1) is 5.92 Å². The molecule has 0 saturated carbocycles. The Morgan fingerprint density at radius 2 is 2.10 bits per heavy atom. The summed E-state index contributed by atoms with van der Waals surface area (Å²) in [5, 5.41) is 0. The smallest absolute Gasteiger partial charge is 0.441 e. The lowest BCUT2D eigenvalue weighted by Gasteiger charge is -2.15. The number of nitrogens with zero attached hydrogens (tertiary/aromatic N) is 1. The molecule has 0 aliphatic carbocycles. The Hall–Kier alpha value is -2.24. The Kier molecular flexibility index (Phi) is 5.43. The second-order valence-electron chi connectivity index (χ2n) is 5.04. The summed E-state index contributed by atoms with van der Waals surface area (Å²) >= 11 is 0. The first-order chi connectivity index (χ1) is 10.2. The molecule has 2 amide bonds. The van der Waals surface area contributed by atoms with E-state index in [2.05, 4.69) is 6.92 Å². The van der Waals surface area contributed by atoms with Crippen molar-refractivity contribution in [1.82, 2.24) is 10.4 Å². The maximum Gasteiger partial charge on any atom is 0.441 e. The Labute approximate surface area is 124 Å². The van der Waals surface area contributed by atoms with Gasteiger partial charge in [-0.2, -0.15) is 0 Å². The van der Waals surface area contributed by atoms with E-state index >= 15 is 0 Å². The molecule has 0 aromatic heterocycles. The molecule has 1 heterocycles. The molecular formula is C15H20N2O4. The summed E-state index contributed by atoms with van der Waals surface area (Å²) in [5.41, 5.74) is 2.88. The molecule has 6 heteroatoms. The van der Waals surface area contributed by atoms with Gasteiger partial charge in [0.15, 0.2) is 0 Å². The molecule has 1 aliphatic heterocycles. The molecule has 1 aromatic rings. The highest BCUT2D eigenvalue weighted by atomic mass is 16.7. The van der Waals surface area contributed by atoms with Gasteiger partial charge in [0, 0.05) is 13.1 Å². The largest absolute Gasteiger partial charge is 0.443 e. The number of ether oxygens (including phenoxy) is 1. The van der Waals surface area contributed by atoms with E-state index < -0.39 is 12.2 Å². The van der Waals surface area contributed by atoms with E-state index in [0.29, 0.717) is 19.0 Å². The zero-order chi connectivity index (χ0) is 15.1. The van der Waals surface area contributed by atoms with Crippen LogP contribution in [0.2, 0.25) is 0 Å². The van der Waals surface area contributed by atoms with Crippen molar-refractivity contribution in [3.05, 3.63) is 35.9 Å². The first-order valence-electron chi connectivity index (χ1n) is 7.11. The van der Waals surface area contributed by atoms with Crippen molar-refractivity contribution < 1.29 is 19.2 Å². The van der Waals surface area contributed by atoms with Gasteiger partial charge in [0.25, 0.3) is 0 Å². The zero-order valence-electron chi connectivity index (χ0n) is 12.1. The number of rotatable bonds is 3. The van der Waals surface area contributed by atoms with Crippen LogP contribution in [0.25, 0.3) is 0 Å². The highest BCUT2D eigenvalue weighted by Gasteiger charge is 2.26. The predicted octanol–water partition coefficient (Wildman–Crippen LogP) is 2.70. The van der Waals surface area contributed by atoms with Gasteiger partial charge in [0.1, 0.15) is 6.61 Å². The predicted molar refractivity (Wildman–Crippen MR) is 76.2 cm³/mol. The summed E-state index contributed by atoms with van der Waals surface area (Å²) in [6.07, 6.45) is 0.696. The van der Waals surface area contributed by atoms with Gasteiger partial charge in [-0.15, -0.1) is 5.48 Å². The van der Waals surface area contributed by atoms with E-state index in [1.165, 1.54) is 0 Å². The minimum atomic E-state index is -0.779. The van der Waals surface area contributed by atoms with Crippen molar-refractivity contribution in [3.8, 4) is 0 Å². The Morgan fingerprint density at radius 3 is 2.76 bits per heavy atom. The minimum absolute atomic E-state index is 0.131. The number of likely N-dealkylation sites (tertiary alicyclic amines) is 1. The summed E-state index contributed by atoms with van der Waals surface area (Å²) in [6, 6.07) is 9.27. The average molecular weight is 292 g/mol. The van der Waals surface area contributed by atoms with Crippen molar-refractivity contribution in [2.45, 2.75) is 26.4 Å². The molecule has 1 atom stereocenters. The fourth-order valence-electron chi connectivity index (χ4n) is 2.23. The van der Waals surface area contributed by atoms with Gasteiger partial charge in [0.2, 0.25) is 0 Å². The Balaban J connectivity index is 1.66. The van der Waals surface area contributed by atoms with Crippen molar-refractivity contribution in [2.24, 2.45) is 5.92 Å². The maximum absolute atomic E-state index is 11.7. The molecule has 2 rings (SSSR count). The standard InChI is InChI=1S/C15H20N2O4/c1-2-12-8-9-17(10-12)15(19)21-16-14(18)20-11-13-6-4-3-5-7-13/h3-7,12H,2,8-11H2,1H3,(H,16,18)/t12-/m0/s1. The molecular weight excluding hydrogens is 272 g/mol. The van der Waals surface area contributed by atoms with Gasteiger partial charge in [-0.3, -0.25) is 0 Å². The number of carbonyl (C=O) groups excluding carboxylic acids is 2. The normalized spacial score (nSPS) is 17.4. The van der Waals surface area contributed by atoms with Crippen molar-refractivity contribution >= 4 is 12.2 Å². The summed E-state index contributed by atoms with van der Waals surface area (Å²) in [4.78, 5) is 29.5. The molecule has 0 radical (unpaired) electrons. The number of hydroxylamine groups is 1. The van der Waals surface area contributed by atoms with Crippen molar-refractivity contribution in [1.29, 1.82) is 0 Å². The Morgan fingerprint density at radius 1 is 1.33 bits per heavy atom. The van der Waals surface area contributed by atoms with Crippen LogP contribution in [0.5, 0.6) is 0 Å². The molecule has 114 valence electrons. The maximum atomic E-state index is 11.7. The molecule has 0 unspecified atom stereocenters. The molecule has 1 aliphatic rings. The number of hydrogen-bond acceptors (Lipinski definition) is 4. The Bertz CT molecular complexity index is 478. The van der Waals surface area contributed by atoms with Crippen LogP contribution < -0.4 is 5.48 Å². The summed E-state index contributed by atoms with van der Waals surface area (Å²) in [6.45, 7) is 3.57. The number of nitrogens with one attached hydrogen (secondary N) is 1. The van der Waals surface area contributed by atoms with Crippen LogP contribution in [-0.4, -0.2) is 30.2 Å². The first kappa shape index (κ1) is 15.2. The monoisotopic (exact) mass is 292 g/mol. The lowest BCUT2D eigenvalue weighted by atomic mass is 10.1. The highest BCUT2D eigenvalue weighted by molar-refractivity contribution is 5.72. The van der Waals surface area contributed by atoms with Gasteiger partial charge in [-0.05, 0) is 17.9 Å². The fraction of sp³-hybridized carbons (Fsp3) is 0.467. The molecule has 1 saturated heterocycles. The summed E-state index contributed by atoms with van der Waals surface area (Å²) < 4.78 is 4.94. The van der Waals surface area contributed by atoms with Crippen LogP contribution in [0.1, 0.15) is 25.3 Å². The zero-order valence-corrected chi connectivity index (χ0v) is 12.1. The molecule has 1 aromatic carbocycles. The number of carbonyl (C=O) groups is 2. The topological polar surface area (TPSA) is 67.9 Å². The van der Waals surface area contributed by atoms with Gasteiger partial charge < -0.3 is 14.5 Å². The van der Waals surface area contributed by atoms with E-state index in [1.54, 1.807) is 4.90 Å². The van der Waals surface area contributed by atoms with E-state index in [4.69, 9.17) is 9.57 Å². The molecule has 0 bridgehead atoms. The van der Waals surface area contributed by atoms with Crippen LogP contribution >= 0.6 is 0 Å². The number of amides is 2. The highest BCUT2D eigenvalue weighted by Crippen LogP contribution is 2.19. The fourth-order valence-corrected chi connectivity index (χ4v) is 2.23. The van der Waals surface area contributed by atoms with E-state index in [9.17, 15) is 9.59 Å².